The van der Waals surface area contributed by atoms with Gasteiger partial charge in [-0.3, -0.25) is 14.9 Å². The summed E-state index contributed by atoms with van der Waals surface area (Å²) in [6.45, 7) is 6.26. The summed E-state index contributed by atoms with van der Waals surface area (Å²) >= 11 is 5.29. The van der Waals surface area contributed by atoms with Crippen LogP contribution in [-0.4, -0.2) is 29.1 Å². The lowest BCUT2D eigenvalue weighted by molar-refractivity contribution is 0.0918. The highest BCUT2D eigenvalue weighted by Crippen LogP contribution is 2.15. The van der Waals surface area contributed by atoms with Crippen molar-refractivity contribution in [2.45, 2.75) is 32.7 Å². The average Bonchev–Trinajstić information content (AvgIpc) is 2.79. The number of benzene rings is 3. The van der Waals surface area contributed by atoms with E-state index in [1.165, 1.54) is 5.56 Å². The van der Waals surface area contributed by atoms with Gasteiger partial charge >= 0.3 is 0 Å². The minimum absolute atomic E-state index is 0.133. The molecule has 0 saturated carbocycles. The third-order valence-electron chi connectivity index (χ3n) is 4.70. The second-order valence-electron chi connectivity index (χ2n) is 8.81. The zero-order valence-corrected chi connectivity index (χ0v) is 20.4. The van der Waals surface area contributed by atoms with E-state index >= 15 is 0 Å². The topological polar surface area (TPSA) is 79.5 Å². The van der Waals surface area contributed by atoms with Crippen LogP contribution in [0.4, 0.5) is 5.69 Å². The van der Waals surface area contributed by atoms with Gasteiger partial charge in [-0.15, -0.1) is 0 Å². The molecule has 0 aliphatic carbocycles. The van der Waals surface area contributed by atoms with Crippen molar-refractivity contribution in [3.8, 4) is 5.75 Å². The number of ether oxygens (including phenoxy) is 1. The maximum atomic E-state index is 12.7. The standard InChI is InChI=1S/C27H29N3O3S/c1-27(2,3)30-25(32)20-11-7-13-22(17-20)28-26(34)29-24(31)21-12-8-14-23(18-21)33-16-15-19-9-5-4-6-10-19/h4-14,17-18H,15-16H2,1-3H3,(H,30,32)(H2,28,29,31,34). The van der Waals surface area contributed by atoms with Gasteiger partial charge in [-0.1, -0.05) is 42.5 Å². The summed E-state index contributed by atoms with van der Waals surface area (Å²) in [7, 11) is 0. The minimum Gasteiger partial charge on any atom is -0.493 e. The summed E-state index contributed by atoms with van der Waals surface area (Å²) in [6.07, 6.45) is 0.776. The van der Waals surface area contributed by atoms with Crippen molar-refractivity contribution < 1.29 is 14.3 Å². The van der Waals surface area contributed by atoms with E-state index in [0.29, 0.717) is 29.2 Å². The molecule has 0 aromatic heterocycles. The Morgan fingerprint density at radius 3 is 2.24 bits per heavy atom. The first kappa shape index (κ1) is 24.9. The molecule has 3 aromatic carbocycles. The molecule has 0 heterocycles. The Bertz CT molecular complexity index is 1160. The number of rotatable bonds is 7. The smallest absolute Gasteiger partial charge is 0.257 e. The Labute approximate surface area is 205 Å². The van der Waals surface area contributed by atoms with Gasteiger partial charge in [0.15, 0.2) is 5.11 Å². The van der Waals surface area contributed by atoms with Crippen LogP contribution in [0.5, 0.6) is 5.75 Å². The second-order valence-corrected chi connectivity index (χ2v) is 9.21. The molecule has 0 unspecified atom stereocenters. The Morgan fingerprint density at radius 1 is 0.853 bits per heavy atom. The van der Waals surface area contributed by atoms with Gasteiger partial charge in [-0.05, 0) is 75.0 Å². The number of thiocarbonyl (C=S) groups is 1. The van der Waals surface area contributed by atoms with Crippen LogP contribution in [0.3, 0.4) is 0 Å². The normalized spacial score (nSPS) is 10.8. The molecule has 0 aliphatic rings. The van der Waals surface area contributed by atoms with Crippen LogP contribution in [0.2, 0.25) is 0 Å². The molecule has 0 fully saturated rings. The van der Waals surface area contributed by atoms with Gasteiger partial charge in [0.05, 0.1) is 6.61 Å². The van der Waals surface area contributed by atoms with Gasteiger partial charge < -0.3 is 15.4 Å². The van der Waals surface area contributed by atoms with Crippen LogP contribution in [0.15, 0.2) is 78.9 Å². The lowest BCUT2D eigenvalue weighted by Gasteiger charge is -2.20. The van der Waals surface area contributed by atoms with E-state index in [1.54, 1.807) is 42.5 Å². The first-order chi connectivity index (χ1) is 16.2. The molecule has 3 aromatic rings. The third-order valence-corrected chi connectivity index (χ3v) is 4.90. The third kappa shape index (κ3) is 8.01. The van der Waals surface area contributed by atoms with Crippen LogP contribution in [0.25, 0.3) is 0 Å². The van der Waals surface area contributed by atoms with Crippen LogP contribution in [0, 0.1) is 0 Å². The summed E-state index contributed by atoms with van der Waals surface area (Å²) in [5.74, 6) is 0.0721. The van der Waals surface area contributed by atoms with Crippen LogP contribution >= 0.6 is 12.2 Å². The first-order valence-electron chi connectivity index (χ1n) is 11.0. The molecule has 7 heteroatoms. The Hall–Kier alpha value is -3.71. The SMILES string of the molecule is CC(C)(C)NC(=O)c1cccc(NC(=S)NC(=O)c2cccc(OCCc3ccccc3)c2)c1. The number of nitrogens with one attached hydrogen (secondary N) is 3. The van der Waals surface area contributed by atoms with Crippen molar-refractivity contribution >= 4 is 34.8 Å². The highest BCUT2D eigenvalue weighted by atomic mass is 32.1. The summed E-state index contributed by atoms with van der Waals surface area (Å²) in [6, 6.07) is 23.9. The molecule has 3 rings (SSSR count). The molecule has 0 bridgehead atoms. The van der Waals surface area contributed by atoms with E-state index in [-0.39, 0.29) is 22.5 Å². The highest BCUT2D eigenvalue weighted by Gasteiger charge is 2.16. The van der Waals surface area contributed by atoms with Crippen molar-refractivity contribution in [1.29, 1.82) is 0 Å². The quantitative estimate of drug-likeness (QED) is 0.421. The molecule has 2 amide bonds. The first-order valence-corrected chi connectivity index (χ1v) is 11.4. The molecule has 0 spiro atoms. The summed E-state index contributed by atoms with van der Waals surface area (Å²) in [4.78, 5) is 25.1. The second kappa shape index (κ2) is 11.4. The number of carbonyl (C=O) groups is 2. The molecule has 0 radical (unpaired) electrons. The fraction of sp³-hybridized carbons (Fsp3) is 0.222. The monoisotopic (exact) mass is 475 g/mol. The van der Waals surface area contributed by atoms with E-state index in [4.69, 9.17) is 17.0 Å². The van der Waals surface area contributed by atoms with E-state index < -0.39 is 0 Å². The zero-order chi connectivity index (χ0) is 24.6. The molecular weight excluding hydrogens is 446 g/mol. The van der Waals surface area contributed by atoms with E-state index in [0.717, 1.165) is 6.42 Å². The number of anilines is 1. The Kier molecular flexibility index (Phi) is 8.38. The van der Waals surface area contributed by atoms with Gasteiger partial charge in [0.1, 0.15) is 5.75 Å². The molecule has 176 valence electrons. The van der Waals surface area contributed by atoms with Crippen LogP contribution < -0.4 is 20.7 Å². The molecule has 0 atom stereocenters. The summed E-state index contributed by atoms with van der Waals surface area (Å²) in [5.41, 5.74) is 2.37. The van der Waals surface area contributed by atoms with Crippen LogP contribution in [0.1, 0.15) is 47.1 Å². The zero-order valence-electron chi connectivity index (χ0n) is 19.6. The number of hydrogen-bond donors (Lipinski definition) is 3. The molecule has 34 heavy (non-hydrogen) atoms. The van der Waals surface area contributed by atoms with E-state index in [9.17, 15) is 9.59 Å². The lowest BCUT2D eigenvalue weighted by Crippen LogP contribution is -2.40. The lowest BCUT2D eigenvalue weighted by atomic mass is 10.1. The molecule has 6 nitrogen and oxygen atoms in total. The van der Waals surface area contributed by atoms with Crippen molar-refractivity contribution in [2.24, 2.45) is 0 Å². The summed E-state index contributed by atoms with van der Waals surface area (Å²) < 4.78 is 5.81. The fourth-order valence-corrected chi connectivity index (χ4v) is 3.36. The predicted octanol–water partition coefficient (Wildman–Crippen LogP) is 4.96. The van der Waals surface area contributed by atoms with Gasteiger partial charge in [0, 0.05) is 28.8 Å². The number of carbonyl (C=O) groups excluding carboxylic acids is 2. The predicted molar refractivity (Wildman–Crippen MR) is 139 cm³/mol. The van der Waals surface area contributed by atoms with Crippen molar-refractivity contribution in [1.82, 2.24) is 10.6 Å². The number of amides is 2. The summed E-state index contributed by atoms with van der Waals surface area (Å²) in [5, 5.41) is 8.67. The molecule has 0 aliphatic heterocycles. The maximum Gasteiger partial charge on any atom is 0.257 e. The maximum absolute atomic E-state index is 12.7. The molecular formula is C27H29N3O3S. The molecule has 0 saturated heterocycles. The fourth-order valence-electron chi connectivity index (χ4n) is 3.15. The average molecular weight is 476 g/mol. The van der Waals surface area contributed by atoms with E-state index in [2.05, 4.69) is 16.0 Å². The number of hydrogen-bond acceptors (Lipinski definition) is 4. The van der Waals surface area contributed by atoms with Crippen molar-refractivity contribution in [3.63, 3.8) is 0 Å². The Balaban J connectivity index is 1.54. The van der Waals surface area contributed by atoms with Crippen molar-refractivity contribution in [2.75, 3.05) is 11.9 Å². The van der Waals surface area contributed by atoms with Gasteiger partial charge in [0.2, 0.25) is 0 Å². The minimum atomic E-state index is -0.354. The van der Waals surface area contributed by atoms with Crippen LogP contribution in [-0.2, 0) is 6.42 Å². The highest BCUT2D eigenvalue weighted by molar-refractivity contribution is 7.80. The van der Waals surface area contributed by atoms with E-state index in [1.807, 2.05) is 57.2 Å². The largest absolute Gasteiger partial charge is 0.493 e. The van der Waals surface area contributed by atoms with Gasteiger partial charge in [-0.25, -0.2) is 0 Å². The van der Waals surface area contributed by atoms with Crippen molar-refractivity contribution in [3.05, 3.63) is 95.6 Å². The van der Waals surface area contributed by atoms with Gasteiger partial charge in [-0.2, -0.15) is 0 Å². The Morgan fingerprint density at radius 2 is 1.53 bits per heavy atom. The van der Waals surface area contributed by atoms with Gasteiger partial charge in [0.25, 0.3) is 11.8 Å². The molecule has 3 N–H and O–H groups in total.